The molecule has 126 valence electrons. The van der Waals surface area contributed by atoms with Crippen molar-refractivity contribution in [3.8, 4) is 0 Å². The Morgan fingerprint density at radius 1 is 1.21 bits per heavy atom. The minimum Gasteiger partial charge on any atom is -0.343 e. The maximum atomic E-state index is 12.4. The van der Waals surface area contributed by atoms with Crippen LogP contribution in [0.25, 0.3) is 4.91 Å². The number of hydrogen-bond donors (Lipinski definition) is 2. The first-order valence-electron chi connectivity index (χ1n) is 8.49. The highest BCUT2D eigenvalue weighted by Gasteiger charge is 2.40. The van der Waals surface area contributed by atoms with E-state index in [0.29, 0.717) is 6.42 Å². The molecule has 0 radical (unpaired) electrons. The maximum Gasteiger partial charge on any atom is 0.230 e. The molecule has 0 bridgehead atoms. The van der Waals surface area contributed by atoms with Gasteiger partial charge in [-0.05, 0) is 18.4 Å². The Bertz CT molecular complexity index is 670. The number of carbonyl (C=O) groups excluding carboxylic acids is 2. The molecule has 2 N–H and O–H groups in total. The molecule has 1 aromatic rings. The molecule has 0 aliphatic carbocycles. The van der Waals surface area contributed by atoms with Gasteiger partial charge in [0.15, 0.2) is 0 Å². The van der Waals surface area contributed by atoms with Crippen molar-refractivity contribution in [2.45, 2.75) is 30.8 Å². The normalized spacial score (nSPS) is 29.2. The van der Waals surface area contributed by atoms with Crippen LogP contribution in [-0.4, -0.2) is 41.3 Å². The molecule has 3 aliphatic rings. The third kappa shape index (κ3) is 3.08. The van der Waals surface area contributed by atoms with Gasteiger partial charge in [0.1, 0.15) is 0 Å². The van der Waals surface area contributed by atoms with Crippen LogP contribution in [0.15, 0.2) is 36.4 Å². The summed E-state index contributed by atoms with van der Waals surface area (Å²) in [6.45, 7) is 1.69. The van der Waals surface area contributed by atoms with Gasteiger partial charge in [0.2, 0.25) is 11.8 Å². The second kappa shape index (κ2) is 6.61. The molecule has 5 nitrogen and oxygen atoms in total. The number of hydrogen-bond acceptors (Lipinski definition) is 4. The summed E-state index contributed by atoms with van der Waals surface area (Å²) in [6.07, 6.45) is 4.26. The number of benzene rings is 1. The first-order chi connectivity index (χ1) is 11.7. The number of fused-ring (bicyclic) bond motifs is 1. The third-order valence-electron chi connectivity index (χ3n) is 4.79. The monoisotopic (exact) mass is 343 g/mol. The summed E-state index contributed by atoms with van der Waals surface area (Å²) in [5.74, 6) is -0.0391. The van der Waals surface area contributed by atoms with E-state index in [2.05, 4.69) is 22.8 Å². The number of nitrogens with one attached hydrogen (secondary N) is 2. The van der Waals surface area contributed by atoms with Crippen molar-refractivity contribution in [2.24, 2.45) is 5.92 Å². The largest absolute Gasteiger partial charge is 0.343 e. The molecule has 2 amide bonds. The van der Waals surface area contributed by atoms with Gasteiger partial charge < -0.3 is 10.2 Å². The van der Waals surface area contributed by atoms with Crippen molar-refractivity contribution >= 4 is 28.5 Å². The number of amides is 2. The summed E-state index contributed by atoms with van der Waals surface area (Å²) in [5, 5.41) is 6.40. The van der Waals surface area contributed by atoms with Crippen LogP contribution in [0, 0.1) is 5.92 Å². The summed E-state index contributed by atoms with van der Waals surface area (Å²) in [4.78, 5) is 27.8. The zero-order valence-corrected chi connectivity index (χ0v) is 14.2. The molecule has 4 rings (SSSR count). The zero-order chi connectivity index (χ0) is 16.5. The van der Waals surface area contributed by atoms with Gasteiger partial charge in [-0.25, -0.2) is 0 Å². The van der Waals surface area contributed by atoms with Crippen molar-refractivity contribution in [3.05, 3.63) is 42.0 Å². The quantitative estimate of drug-likeness (QED) is 0.878. The Morgan fingerprint density at radius 2 is 1.96 bits per heavy atom. The average molecular weight is 343 g/mol. The summed E-state index contributed by atoms with van der Waals surface area (Å²) in [5.41, 5.74) is 1.14. The lowest BCUT2D eigenvalue weighted by molar-refractivity contribution is -0.132. The van der Waals surface area contributed by atoms with E-state index >= 15 is 0 Å². The molecule has 0 saturated carbocycles. The van der Waals surface area contributed by atoms with Gasteiger partial charge in [-0.15, -0.1) is 11.8 Å². The third-order valence-corrected chi connectivity index (χ3v) is 6.10. The minimum absolute atomic E-state index is 0.00494. The predicted molar refractivity (Wildman–Crippen MR) is 94.8 cm³/mol. The van der Waals surface area contributed by atoms with E-state index in [1.54, 1.807) is 11.8 Å². The van der Waals surface area contributed by atoms with E-state index < -0.39 is 0 Å². The standard InChI is InChI=1S/C18H21N3O2S/c22-16(21-8-4-5-9-21)11-15-19-17(23)13-10-14(24-18(13)20-15)12-6-2-1-3-7-12/h1-3,6-7,10,13,15,18,20H,4-5,8-9,11H2,(H,19,23). The van der Waals surface area contributed by atoms with Gasteiger partial charge in [0, 0.05) is 18.0 Å². The topological polar surface area (TPSA) is 61.4 Å². The van der Waals surface area contributed by atoms with Crippen LogP contribution >= 0.6 is 11.8 Å². The molecule has 6 heteroatoms. The highest BCUT2D eigenvalue weighted by molar-refractivity contribution is 8.09. The lowest BCUT2D eigenvalue weighted by atomic mass is 10.0. The number of thioether (sulfide) groups is 1. The van der Waals surface area contributed by atoms with Gasteiger partial charge in [0.25, 0.3) is 0 Å². The molecule has 3 unspecified atom stereocenters. The number of rotatable bonds is 3. The second-order valence-corrected chi connectivity index (χ2v) is 7.66. The van der Waals surface area contributed by atoms with E-state index in [9.17, 15) is 9.59 Å². The molecular weight excluding hydrogens is 322 g/mol. The fourth-order valence-corrected chi connectivity index (χ4v) is 4.86. The Hall–Kier alpha value is -1.79. The van der Waals surface area contributed by atoms with Crippen molar-refractivity contribution in [1.82, 2.24) is 15.5 Å². The average Bonchev–Trinajstić information content (AvgIpc) is 3.25. The molecule has 2 saturated heterocycles. The number of carbonyl (C=O) groups is 2. The highest BCUT2D eigenvalue weighted by atomic mass is 32.2. The Morgan fingerprint density at radius 3 is 2.71 bits per heavy atom. The van der Waals surface area contributed by atoms with E-state index in [0.717, 1.165) is 36.4 Å². The summed E-state index contributed by atoms with van der Waals surface area (Å²) in [7, 11) is 0. The fourth-order valence-electron chi connectivity index (χ4n) is 3.51. The number of likely N-dealkylation sites (tertiary alicyclic amines) is 1. The summed E-state index contributed by atoms with van der Waals surface area (Å²) in [6, 6.07) is 10.1. The Balaban J connectivity index is 1.41. The van der Waals surface area contributed by atoms with E-state index in [4.69, 9.17) is 0 Å². The lowest BCUT2D eigenvalue weighted by Crippen LogP contribution is -2.60. The molecule has 3 atom stereocenters. The van der Waals surface area contributed by atoms with Gasteiger partial charge in [-0.1, -0.05) is 36.4 Å². The van der Waals surface area contributed by atoms with Gasteiger partial charge in [0.05, 0.1) is 23.9 Å². The first kappa shape index (κ1) is 15.7. The molecule has 1 aromatic carbocycles. The van der Waals surface area contributed by atoms with E-state index in [1.807, 2.05) is 29.2 Å². The van der Waals surface area contributed by atoms with Gasteiger partial charge in [-0.2, -0.15) is 0 Å². The molecule has 2 fully saturated rings. The summed E-state index contributed by atoms with van der Waals surface area (Å²) >= 11 is 1.68. The van der Waals surface area contributed by atoms with Crippen molar-refractivity contribution in [1.29, 1.82) is 0 Å². The fraction of sp³-hybridized carbons (Fsp3) is 0.444. The van der Waals surface area contributed by atoms with Crippen LogP contribution in [0.3, 0.4) is 0 Å². The molecule has 0 aromatic heterocycles. The Labute approximate surface area is 145 Å². The minimum atomic E-state index is -0.275. The molecule has 24 heavy (non-hydrogen) atoms. The predicted octanol–water partition coefficient (Wildman–Crippen LogP) is 1.77. The number of nitrogens with zero attached hydrogens (tertiary/aromatic N) is 1. The van der Waals surface area contributed by atoms with E-state index in [-0.39, 0.29) is 29.3 Å². The van der Waals surface area contributed by atoms with Crippen molar-refractivity contribution in [2.75, 3.05) is 13.1 Å². The molecule has 0 spiro atoms. The van der Waals surface area contributed by atoms with Crippen LogP contribution in [0.1, 0.15) is 24.8 Å². The summed E-state index contributed by atoms with van der Waals surface area (Å²) < 4.78 is 0. The van der Waals surface area contributed by atoms with Crippen molar-refractivity contribution < 1.29 is 9.59 Å². The second-order valence-electron chi connectivity index (χ2n) is 6.48. The molecular formula is C18H21N3O2S. The maximum absolute atomic E-state index is 12.4. The highest BCUT2D eigenvalue weighted by Crippen LogP contribution is 2.42. The van der Waals surface area contributed by atoms with Crippen LogP contribution in [-0.2, 0) is 9.59 Å². The SMILES string of the molecule is O=C1NC(CC(=O)N2CCCC2)NC2SC(c3ccccc3)=CC12. The lowest BCUT2D eigenvalue weighted by Gasteiger charge is -2.33. The molecule has 3 heterocycles. The van der Waals surface area contributed by atoms with Crippen LogP contribution in [0.5, 0.6) is 0 Å². The Kier molecular flexibility index (Phi) is 4.33. The molecule has 3 aliphatic heterocycles. The van der Waals surface area contributed by atoms with Gasteiger partial charge >= 0.3 is 0 Å². The zero-order valence-electron chi connectivity index (χ0n) is 13.4. The van der Waals surface area contributed by atoms with Crippen LogP contribution < -0.4 is 10.6 Å². The smallest absolute Gasteiger partial charge is 0.230 e. The van der Waals surface area contributed by atoms with Crippen molar-refractivity contribution in [3.63, 3.8) is 0 Å². The van der Waals surface area contributed by atoms with Gasteiger partial charge in [-0.3, -0.25) is 14.9 Å². The first-order valence-corrected chi connectivity index (χ1v) is 9.37. The van der Waals surface area contributed by atoms with Crippen LogP contribution in [0.2, 0.25) is 0 Å². The van der Waals surface area contributed by atoms with E-state index in [1.165, 1.54) is 0 Å². The van der Waals surface area contributed by atoms with Crippen LogP contribution in [0.4, 0.5) is 0 Å².